The molecule has 10 heteroatoms. The Balaban J connectivity index is 1.73. The van der Waals surface area contributed by atoms with Crippen molar-refractivity contribution in [1.82, 2.24) is 9.97 Å². The predicted molar refractivity (Wildman–Crippen MR) is 117 cm³/mol. The molecule has 30 heavy (non-hydrogen) atoms. The molecule has 1 aromatic heterocycles. The maximum atomic E-state index is 12.5. The van der Waals surface area contributed by atoms with Crippen molar-refractivity contribution in [3.8, 4) is 0 Å². The van der Waals surface area contributed by atoms with Crippen LogP contribution in [0.15, 0.2) is 71.0 Å². The molecule has 0 amide bonds. The summed E-state index contributed by atoms with van der Waals surface area (Å²) in [6.07, 6.45) is 1.47. The Morgan fingerprint density at radius 1 is 0.800 bits per heavy atom. The standard InChI is InChI=1S/C20H20N4O4S2/c1-15-14-16(2)22-20(21-15)24-30(27,28)19-10-8-18(9-11-19)23-29(25,26)13-12-17-6-4-3-5-7-17/h3-14,23H,1-2H3,(H,21,22,24). The van der Waals surface area contributed by atoms with Crippen LogP contribution < -0.4 is 9.44 Å². The first kappa shape index (κ1) is 21.5. The van der Waals surface area contributed by atoms with Crippen molar-refractivity contribution in [2.75, 3.05) is 9.44 Å². The predicted octanol–water partition coefficient (Wildman–Crippen LogP) is 3.31. The van der Waals surface area contributed by atoms with E-state index in [0.29, 0.717) is 11.4 Å². The SMILES string of the molecule is Cc1cc(C)nc(NS(=O)(=O)c2ccc(NS(=O)(=O)C=Cc3ccccc3)cc2)n1. The van der Waals surface area contributed by atoms with Crippen LogP contribution in [0, 0.1) is 13.8 Å². The molecule has 0 saturated heterocycles. The highest BCUT2D eigenvalue weighted by Gasteiger charge is 2.16. The summed E-state index contributed by atoms with van der Waals surface area (Å²) in [6.45, 7) is 3.47. The van der Waals surface area contributed by atoms with Crippen molar-refractivity contribution in [1.29, 1.82) is 0 Å². The smallest absolute Gasteiger partial charge is 0.264 e. The van der Waals surface area contributed by atoms with E-state index in [-0.39, 0.29) is 16.5 Å². The van der Waals surface area contributed by atoms with Crippen LogP contribution in [0.1, 0.15) is 17.0 Å². The minimum absolute atomic E-state index is 0.0247. The number of aromatic nitrogens is 2. The molecule has 0 radical (unpaired) electrons. The molecule has 0 aliphatic carbocycles. The number of hydrogen-bond acceptors (Lipinski definition) is 6. The van der Waals surface area contributed by atoms with Crippen LogP contribution >= 0.6 is 0 Å². The first-order chi connectivity index (χ1) is 14.1. The van der Waals surface area contributed by atoms with Crippen molar-refractivity contribution in [2.24, 2.45) is 0 Å². The van der Waals surface area contributed by atoms with Gasteiger partial charge in [0.25, 0.3) is 20.0 Å². The van der Waals surface area contributed by atoms with Gasteiger partial charge in [-0.2, -0.15) is 0 Å². The number of hydrogen-bond donors (Lipinski definition) is 2. The molecule has 0 aliphatic rings. The Labute approximate surface area is 175 Å². The van der Waals surface area contributed by atoms with E-state index in [1.165, 1.54) is 30.3 Å². The van der Waals surface area contributed by atoms with E-state index in [9.17, 15) is 16.8 Å². The van der Waals surface area contributed by atoms with E-state index < -0.39 is 20.0 Å². The third-order valence-corrected chi connectivity index (χ3v) is 6.23. The molecule has 8 nitrogen and oxygen atoms in total. The third kappa shape index (κ3) is 5.88. The molecule has 156 valence electrons. The van der Waals surface area contributed by atoms with Crippen LogP contribution in [0.4, 0.5) is 11.6 Å². The number of nitrogens with zero attached hydrogens (tertiary/aromatic N) is 2. The van der Waals surface area contributed by atoms with Gasteiger partial charge in [0.15, 0.2) is 0 Å². The lowest BCUT2D eigenvalue weighted by molar-refractivity contribution is 0.600. The van der Waals surface area contributed by atoms with Crippen molar-refractivity contribution < 1.29 is 16.8 Å². The quantitative estimate of drug-likeness (QED) is 0.577. The molecule has 0 saturated carbocycles. The Bertz CT molecular complexity index is 1250. The summed E-state index contributed by atoms with van der Waals surface area (Å²) in [6, 6.07) is 16.0. The largest absolute Gasteiger partial charge is 0.280 e. The summed E-state index contributed by atoms with van der Waals surface area (Å²) in [4.78, 5) is 8.06. The van der Waals surface area contributed by atoms with Gasteiger partial charge in [0.05, 0.1) is 10.3 Å². The molecule has 0 spiro atoms. The molecule has 0 atom stereocenters. The zero-order valence-corrected chi connectivity index (χ0v) is 17.9. The van der Waals surface area contributed by atoms with Gasteiger partial charge in [-0.05, 0) is 55.8 Å². The summed E-state index contributed by atoms with van der Waals surface area (Å²) in [5.74, 6) is -0.0247. The minimum atomic E-state index is -3.92. The van der Waals surface area contributed by atoms with E-state index in [4.69, 9.17) is 0 Å². The summed E-state index contributed by atoms with van der Waals surface area (Å²) >= 11 is 0. The number of benzene rings is 2. The summed E-state index contributed by atoms with van der Waals surface area (Å²) in [5, 5.41) is 1.05. The highest BCUT2D eigenvalue weighted by molar-refractivity contribution is 7.95. The van der Waals surface area contributed by atoms with Crippen LogP contribution in [0.3, 0.4) is 0 Å². The Kier molecular flexibility index (Phi) is 6.18. The molecule has 3 rings (SSSR count). The molecule has 0 aliphatic heterocycles. The first-order valence-corrected chi connectivity index (χ1v) is 11.9. The van der Waals surface area contributed by atoms with Gasteiger partial charge in [0, 0.05) is 17.1 Å². The van der Waals surface area contributed by atoms with Crippen molar-refractivity contribution in [3.05, 3.63) is 83.0 Å². The fourth-order valence-corrected chi connectivity index (χ4v) is 4.40. The lowest BCUT2D eigenvalue weighted by atomic mass is 10.2. The molecule has 2 N–H and O–H groups in total. The lowest BCUT2D eigenvalue weighted by Crippen LogP contribution is -2.16. The second kappa shape index (κ2) is 8.64. The van der Waals surface area contributed by atoms with Crippen molar-refractivity contribution >= 4 is 37.8 Å². The fraction of sp³-hybridized carbons (Fsp3) is 0.100. The topological polar surface area (TPSA) is 118 Å². The molecule has 1 heterocycles. The maximum absolute atomic E-state index is 12.5. The molecule has 2 aromatic carbocycles. The summed E-state index contributed by atoms with van der Waals surface area (Å²) in [5.41, 5.74) is 2.24. The van der Waals surface area contributed by atoms with Gasteiger partial charge in [-0.1, -0.05) is 30.3 Å². The zero-order valence-electron chi connectivity index (χ0n) is 16.3. The Morgan fingerprint density at radius 3 is 2.00 bits per heavy atom. The molecule has 0 fully saturated rings. The summed E-state index contributed by atoms with van der Waals surface area (Å²) in [7, 11) is -7.67. The monoisotopic (exact) mass is 444 g/mol. The van der Waals surface area contributed by atoms with Gasteiger partial charge in [-0.25, -0.2) is 31.5 Å². The lowest BCUT2D eigenvalue weighted by Gasteiger charge is -2.09. The van der Waals surface area contributed by atoms with Crippen LogP contribution in [-0.2, 0) is 20.0 Å². The highest BCUT2D eigenvalue weighted by Crippen LogP contribution is 2.18. The van der Waals surface area contributed by atoms with Gasteiger partial charge in [-0.3, -0.25) is 4.72 Å². The molecular weight excluding hydrogens is 424 g/mol. The first-order valence-electron chi connectivity index (χ1n) is 8.84. The van der Waals surface area contributed by atoms with E-state index in [1.807, 2.05) is 6.07 Å². The molecule has 0 unspecified atom stereocenters. The van der Waals surface area contributed by atoms with Gasteiger partial charge >= 0.3 is 0 Å². The van der Waals surface area contributed by atoms with Gasteiger partial charge in [0.1, 0.15) is 0 Å². The summed E-state index contributed by atoms with van der Waals surface area (Å²) < 4.78 is 54.2. The van der Waals surface area contributed by atoms with Gasteiger partial charge in [0.2, 0.25) is 5.95 Å². The molecule has 0 bridgehead atoms. The van der Waals surface area contributed by atoms with Crippen LogP contribution in [0.25, 0.3) is 6.08 Å². The fourth-order valence-electron chi connectivity index (χ4n) is 2.58. The van der Waals surface area contributed by atoms with E-state index in [0.717, 1.165) is 11.0 Å². The highest BCUT2D eigenvalue weighted by atomic mass is 32.2. The van der Waals surface area contributed by atoms with Crippen LogP contribution in [0.2, 0.25) is 0 Å². The molecule has 3 aromatic rings. The maximum Gasteiger partial charge on any atom is 0.264 e. The van der Waals surface area contributed by atoms with Gasteiger partial charge in [-0.15, -0.1) is 0 Å². The second-order valence-electron chi connectivity index (χ2n) is 6.46. The third-order valence-electron chi connectivity index (χ3n) is 3.87. The van der Waals surface area contributed by atoms with E-state index in [2.05, 4.69) is 19.4 Å². The average molecular weight is 445 g/mol. The molecular formula is C20H20N4O4S2. The Morgan fingerprint density at radius 2 is 1.40 bits per heavy atom. The normalized spacial score (nSPS) is 12.1. The Hall–Kier alpha value is -3.24. The van der Waals surface area contributed by atoms with Crippen LogP contribution in [-0.4, -0.2) is 26.8 Å². The van der Waals surface area contributed by atoms with E-state index in [1.54, 1.807) is 44.2 Å². The number of anilines is 2. The van der Waals surface area contributed by atoms with Crippen LogP contribution in [0.5, 0.6) is 0 Å². The van der Waals surface area contributed by atoms with E-state index >= 15 is 0 Å². The number of aryl methyl sites for hydroxylation is 2. The average Bonchev–Trinajstić information content (AvgIpc) is 2.66. The van der Waals surface area contributed by atoms with Crippen molar-refractivity contribution in [2.45, 2.75) is 18.7 Å². The second-order valence-corrected chi connectivity index (χ2v) is 9.71. The van der Waals surface area contributed by atoms with Crippen molar-refractivity contribution in [3.63, 3.8) is 0 Å². The zero-order chi connectivity index (χ0) is 21.8. The number of nitrogens with one attached hydrogen (secondary N) is 2. The van der Waals surface area contributed by atoms with Gasteiger partial charge < -0.3 is 0 Å². The number of rotatable bonds is 7. The minimum Gasteiger partial charge on any atom is -0.280 e. The number of sulfonamides is 2.